The van der Waals surface area contributed by atoms with E-state index in [1.807, 2.05) is 25.1 Å². The van der Waals surface area contributed by atoms with Crippen molar-refractivity contribution in [2.45, 2.75) is 33.1 Å². The van der Waals surface area contributed by atoms with Crippen molar-refractivity contribution < 1.29 is 9.53 Å². The number of hydrogen-bond acceptors (Lipinski definition) is 5. The van der Waals surface area contributed by atoms with Gasteiger partial charge in [0.25, 0.3) is 5.91 Å². The van der Waals surface area contributed by atoms with E-state index in [4.69, 9.17) is 9.72 Å². The van der Waals surface area contributed by atoms with Gasteiger partial charge in [0.1, 0.15) is 0 Å². The van der Waals surface area contributed by atoms with E-state index in [-0.39, 0.29) is 5.91 Å². The van der Waals surface area contributed by atoms with Crippen LogP contribution in [0, 0.1) is 5.92 Å². The number of aromatic nitrogens is 1. The zero-order valence-electron chi connectivity index (χ0n) is 15.1. The second-order valence-electron chi connectivity index (χ2n) is 6.65. The molecule has 3 rings (SSSR count). The van der Waals surface area contributed by atoms with Gasteiger partial charge in [-0.3, -0.25) is 4.79 Å². The Balaban J connectivity index is 1.62. The summed E-state index contributed by atoms with van der Waals surface area (Å²) in [7, 11) is 0. The lowest BCUT2D eigenvalue weighted by Crippen LogP contribution is -2.32. The van der Waals surface area contributed by atoms with Gasteiger partial charge in [0.15, 0.2) is 5.13 Å². The Kier molecular flexibility index (Phi) is 6.26. The van der Waals surface area contributed by atoms with E-state index in [2.05, 4.69) is 17.1 Å². The molecule has 0 radical (unpaired) electrons. The highest BCUT2D eigenvalue weighted by molar-refractivity contribution is 7.22. The summed E-state index contributed by atoms with van der Waals surface area (Å²) in [5, 5.41) is 4.03. The standard InChI is InChI=1S/C19H27N3O2S/c1-3-24-12-4-9-20-18(23)15-5-6-16-17(13-15)25-19(21-16)22-10-7-14(2)8-11-22/h5-6,13-14H,3-4,7-12H2,1-2H3,(H,20,23). The zero-order chi connectivity index (χ0) is 17.6. The SMILES string of the molecule is CCOCCCNC(=O)c1ccc2nc(N3CCC(C)CC3)sc2c1. The lowest BCUT2D eigenvalue weighted by molar-refractivity contribution is 0.0944. The molecule has 1 N–H and O–H groups in total. The van der Waals surface area contributed by atoms with Gasteiger partial charge in [0.05, 0.1) is 10.2 Å². The molecule has 0 aliphatic carbocycles. The number of nitrogens with one attached hydrogen (secondary N) is 1. The Morgan fingerprint density at radius 1 is 1.40 bits per heavy atom. The van der Waals surface area contributed by atoms with Crippen molar-refractivity contribution >= 4 is 32.6 Å². The van der Waals surface area contributed by atoms with Crippen molar-refractivity contribution in [2.24, 2.45) is 5.92 Å². The minimum absolute atomic E-state index is 0.0276. The molecule has 0 bridgehead atoms. The summed E-state index contributed by atoms with van der Waals surface area (Å²) in [5.74, 6) is 0.781. The third-order valence-corrected chi connectivity index (χ3v) is 5.73. The topological polar surface area (TPSA) is 54.5 Å². The Morgan fingerprint density at radius 3 is 2.96 bits per heavy atom. The molecule has 1 fully saturated rings. The van der Waals surface area contributed by atoms with Crippen LogP contribution in [0.2, 0.25) is 0 Å². The quantitative estimate of drug-likeness (QED) is 0.764. The molecule has 1 aliphatic rings. The van der Waals surface area contributed by atoms with Crippen molar-refractivity contribution in [3.8, 4) is 0 Å². The number of thiazole rings is 1. The average Bonchev–Trinajstić information content (AvgIpc) is 3.05. The van der Waals surface area contributed by atoms with Gasteiger partial charge < -0.3 is 15.0 Å². The Hall–Kier alpha value is -1.66. The van der Waals surface area contributed by atoms with E-state index in [1.54, 1.807) is 11.3 Å². The smallest absolute Gasteiger partial charge is 0.251 e. The highest BCUT2D eigenvalue weighted by Gasteiger charge is 2.19. The van der Waals surface area contributed by atoms with Crippen LogP contribution in [0.3, 0.4) is 0 Å². The molecular formula is C19H27N3O2S. The predicted molar refractivity (Wildman–Crippen MR) is 104 cm³/mol. The van der Waals surface area contributed by atoms with Crippen LogP contribution in [0.4, 0.5) is 5.13 Å². The summed E-state index contributed by atoms with van der Waals surface area (Å²) in [4.78, 5) is 19.4. The molecule has 6 heteroatoms. The molecule has 0 atom stereocenters. The maximum Gasteiger partial charge on any atom is 0.251 e. The van der Waals surface area contributed by atoms with Crippen molar-refractivity contribution in [1.29, 1.82) is 0 Å². The first-order valence-electron chi connectivity index (χ1n) is 9.19. The fourth-order valence-electron chi connectivity index (χ4n) is 3.01. The summed E-state index contributed by atoms with van der Waals surface area (Å²) in [6.07, 6.45) is 3.29. The number of benzene rings is 1. The van der Waals surface area contributed by atoms with Crippen LogP contribution >= 0.6 is 11.3 Å². The number of piperidine rings is 1. The lowest BCUT2D eigenvalue weighted by Gasteiger charge is -2.29. The molecule has 25 heavy (non-hydrogen) atoms. The van der Waals surface area contributed by atoms with E-state index < -0.39 is 0 Å². The predicted octanol–water partition coefficient (Wildman–Crippen LogP) is 3.69. The van der Waals surface area contributed by atoms with Gasteiger partial charge in [0, 0.05) is 38.4 Å². The molecule has 2 aromatic rings. The van der Waals surface area contributed by atoms with Crippen LogP contribution in [-0.4, -0.2) is 43.7 Å². The van der Waals surface area contributed by atoms with Gasteiger partial charge in [-0.2, -0.15) is 0 Å². The number of anilines is 1. The van der Waals surface area contributed by atoms with Crippen molar-refractivity contribution in [2.75, 3.05) is 37.7 Å². The molecule has 1 saturated heterocycles. The monoisotopic (exact) mass is 361 g/mol. The average molecular weight is 362 g/mol. The Labute approximate surface area is 153 Å². The highest BCUT2D eigenvalue weighted by Crippen LogP contribution is 2.31. The van der Waals surface area contributed by atoms with E-state index in [0.717, 1.165) is 40.8 Å². The number of carbonyl (C=O) groups is 1. The molecule has 136 valence electrons. The first-order chi connectivity index (χ1) is 12.2. The van der Waals surface area contributed by atoms with Gasteiger partial charge >= 0.3 is 0 Å². The summed E-state index contributed by atoms with van der Waals surface area (Å²) in [6, 6.07) is 5.78. The number of carbonyl (C=O) groups excluding carboxylic acids is 1. The fraction of sp³-hybridized carbons (Fsp3) is 0.579. The van der Waals surface area contributed by atoms with Gasteiger partial charge in [-0.05, 0) is 50.3 Å². The van der Waals surface area contributed by atoms with E-state index in [1.165, 1.54) is 12.8 Å². The maximum absolute atomic E-state index is 12.3. The summed E-state index contributed by atoms with van der Waals surface area (Å²) in [6.45, 7) is 8.48. The fourth-order valence-corrected chi connectivity index (χ4v) is 4.07. The number of amides is 1. The van der Waals surface area contributed by atoms with Gasteiger partial charge in [0.2, 0.25) is 0 Å². The third kappa shape index (κ3) is 4.70. The molecular weight excluding hydrogens is 334 g/mol. The largest absolute Gasteiger partial charge is 0.382 e. The number of fused-ring (bicyclic) bond motifs is 1. The van der Waals surface area contributed by atoms with Crippen molar-refractivity contribution in [1.82, 2.24) is 10.3 Å². The Bertz CT molecular complexity index is 708. The van der Waals surface area contributed by atoms with Crippen LogP contribution in [0.25, 0.3) is 10.2 Å². The molecule has 0 saturated carbocycles. The second-order valence-corrected chi connectivity index (χ2v) is 7.66. The molecule has 0 spiro atoms. The van der Waals surface area contributed by atoms with Gasteiger partial charge in [-0.25, -0.2) is 4.98 Å². The molecule has 2 heterocycles. The van der Waals surface area contributed by atoms with Crippen molar-refractivity contribution in [3.05, 3.63) is 23.8 Å². The van der Waals surface area contributed by atoms with Crippen LogP contribution < -0.4 is 10.2 Å². The van der Waals surface area contributed by atoms with Gasteiger partial charge in [-0.1, -0.05) is 18.3 Å². The minimum atomic E-state index is -0.0276. The van der Waals surface area contributed by atoms with E-state index in [0.29, 0.717) is 25.3 Å². The first-order valence-corrected chi connectivity index (χ1v) is 10.0. The third-order valence-electron chi connectivity index (χ3n) is 4.65. The normalized spacial score (nSPS) is 15.7. The highest BCUT2D eigenvalue weighted by atomic mass is 32.1. The number of hydrogen-bond donors (Lipinski definition) is 1. The first kappa shape index (κ1) is 18.1. The van der Waals surface area contributed by atoms with Crippen LogP contribution in [0.15, 0.2) is 18.2 Å². The maximum atomic E-state index is 12.3. The Morgan fingerprint density at radius 2 is 2.20 bits per heavy atom. The van der Waals surface area contributed by atoms with Crippen molar-refractivity contribution in [3.63, 3.8) is 0 Å². The van der Waals surface area contributed by atoms with Gasteiger partial charge in [-0.15, -0.1) is 0 Å². The number of nitrogens with zero attached hydrogens (tertiary/aromatic N) is 2. The summed E-state index contributed by atoms with van der Waals surface area (Å²) >= 11 is 1.69. The van der Waals surface area contributed by atoms with E-state index >= 15 is 0 Å². The van der Waals surface area contributed by atoms with Crippen LogP contribution in [-0.2, 0) is 4.74 Å². The minimum Gasteiger partial charge on any atom is -0.382 e. The molecule has 1 aliphatic heterocycles. The number of ether oxygens (including phenoxy) is 1. The molecule has 1 aromatic heterocycles. The van der Waals surface area contributed by atoms with Crippen LogP contribution in [0.1, 0.15) is 43.5 Å². The zero-order valence-corrected chi connectivity index (χ0v) is 15.9. The van der Waals surface area contributed by atoms with Crippen LogP contribution in [0.5, 0.6) is 0 Å². The molecule has 1 aromatic carbocycles. The van der Waals surface area contributed by atoms with E-state index in [9.17, 15) is 4.79 Å². The molecule has 5 nitrogen and oxygen atoms in total. The molecule has 0 unspecified atom stereocenters. The second kappa shape index (κ2) is 8.63. The summed E-state index contributed by atoms with van der Waals surface area (Å²) in [5.41, 5.74) is 1.68. The number of rotatable bonds is 7. The molecule has 1 amide bonds. The lowest BCUT2D eigenvalue weighted by atomic mass is 10.00. The summed E-state index contributed by atoms with van der Waals surface area (Å²) < 4.78 is 6.36.